The predicted octanol–water partition coefficient (Wildman–Crippen LogP) is 1.82. The number of amides is 1. The van der Waals surface area contributed by atoms with Crippen molar-refractivity contribution in [3.05, 3.63) is 29.8 Å². The Balaban J connectivity index is 1.62. The summed E-state index contributed by atoms with van der Waals surface area (Å²) in [5.74, 6) is -0.0966. The molecule has 112 valence electrons. The van der Waals surface area contributed by atoms with Gasteiger partial charge in [0.25, 0.3) is 5.91 Å². The molecule has 5 nitrogen and oxygen atoms in total. The fourth-order valence-corrected chi connectivity index (χ4v) is 2.84. The first kappa shape index (κ1) is 14.0. The number of imidazole rings is 1. The molecule has 1 saturated heterocycles. The second kappa shape index (κ2) is 6.22. The Morgan fingerprint density at radius 3 is 3.19 bits per heavy atom. The number of H-pyrrole nitrogens is 1. The molecule has 1 atom stereocenters. The Morgan fingerprint density at radius 1 is 1.48 bits per heavy atom. The van der Waals surface area contributed by atoms with Crippen molar-refractivity contribution in [1.29, 1.82) is 0 Å². The number of benzene rings is 1. The summed E-state index contributed by atoms with van der Waals surface area (Å²) in [6, 6.07) is 2.58. The van der Waals surface area contributed by atoms with Gasteiger partial charge in [-0.25, -0.2) is 9.37 Å². The number of nitrogens with one attached hydrogen (secondary N) is 3. The van der Waals surface area contributed by atoms with Crippen molar-refractivity contribution in [2.75, 3.05) is 19.6 Å². The van der Waals surface area contributed by atoms with E-state index in [-0.39, 0.29) is 11.5 Å². The quantitative estimate of drug-likeness (QED) is 0.804. The summed E-state index contributed by atoms with van der Waals surface area (Å²) < 4.78 is 13.5. The number of piperidine rings is 1. The van der Waals surface area contributed by atoms with Gasteiger partial charge in [0.1, 0.15) is 11.3 Å². The fourth-order valence-electron chi connectivity index (χ4n) is 2.84. The fraction of sp³-hybridized carbons (Fsp3) is 0.467. The van der Waals surface area contributed by atoms with Crippen LogP contribution in [0.3, 0.4) is 0 Å². The van der Waals surface area contributed by atoms with Gasteiger partial charge in [-0.15, -0.1) is 0 Å². The Hall–Kier alpha value is -1.95. The Morgan fingerprint density at radius 2 is 2.38 bits per heavy atom. The Labute approximate surface area is 122 Å². The Bertz CT molecular complexity index is 634. The van der Waals surface area contributed by atoms with Crippen molar-refractivity contribution in [1.82, 2.24) is 20.6 Å². The SMILES string of the molecule is O=C(NCCC1CCCNC1)c1cc(F)cc2[nH]cnc12. The molecule has 1 unspecified atom stereocenters. The molecule has 1 aliphatic heterocycles. The molecular formula is C15H19FN4O. The molecule has 0 saturated carbocycles. The van der Waals surface area contributed by atoms with E-state index in [1.165, 1.54) is 31.3 Å². The van der Waals surface area contributed by atoms with Crippen molar-refractivity contribution >= 4 is 16.9 Å². The number of nitrogens with zero attached hydrogens (tertiary/aromatic N) is 1. The third-order valence-corrected chi connectivity index (χ3v) is 3.97. The summed E-state index contributed by atoms with van der Waals surface area (Å²) in [4.78, 5) is 19.1. The highest BCUT2D eigenvalue weighted by molar-refractivity contribution is 6.04. The lowest BCUT2D eigenvalue weighted by Gasteiger charge is -2.22. The third kappa shape index (κ3) is 3.21. The van der Waals surface area contributed by atoms with Crippen molar-refractivity contribution in [2.45, 2.75) is 19.3 Å². The summed E-state index contributed by atoms with van der Waals surface area (Å²) in [7, 11) is 0. The van der Waals surface area contributed by atoms with Gasteiger partial charge in [0.15, 0.2) is 0 Å². The largest absolute Gasteiger partial charge is 0.352 e. The number of hydrogen-bond donors (Lipinski definition) is 3. The van der Waals surface area contributed by atoms with Crippen LogP contribution in [-0.2, 0) is 0 Å². The molecule has 0 aliphatic carbocycles. The second-order valence-corrected chi connectivity index (χ2v) is 5.51. The molecule has 0 bridgehead atoms. The van der Waals surface area contributed by atoms with Crippen LogP contribution in [0, 0.1) is 11.7 Å². The summed E-state index contributed by atoms with van der Waals surface area (Å²) in [5.41, 5.74) is 1.33. The smallest absolute Gasteiger partial charge is 0.253 e. The molecule has 1 fully saturated rings. The van der Waals surface area contributed by atoms with Crippen LogP contribution < -0.4 is 10.6 Å². The summed E-state index contributed by atoms with van der Waals surface area (Å²) >= 11 is 0. The highest BCUT2D eigenvalue weighted by atomic mass is 19.1. The molecular weight excluding hydrogens is 271 g/mol. The van der Waals surface area contributed by atoms with Crippen LogP contribution >= 0.6 is 0 Å². The highest BCUT2D eigenvalue weighted by Crippen LogP contribution is 2.17. The first-order valence-electron chi connectivity index (χ1n) is 7.35. The number of carbonyl (C=O) groups is 1. The summed E-state index contributed by atoms with van der Waals surface area (Å²) in [6.07, 6.45) is 4.80. The van der Waals surface area contributed by atoms with Crippen molar-refractivity contribution in [2.24, 2.45) is 5.92 Å². The zero-order valence-electron chi connectivity index (χ0n) is 11.8. The van der Waals surface area contributed by atoms with Crippen LogP contribution in [0.4, 0.5) is 4.39 Å². The van der Waals surface area contributed by atoms with E-state index in [1.54, 1.807) is 0 Å². The van der Waals surface area contributed by atoms with Gasteiger partial charge in [-0.3, -0.25) is 4.79 Å². The van der Waals surface area contributed by atoms with Crippen LogP contribution in [0.1, 0.15) is 29.6 Å². The average Bonchev–Trinajstić information content (AvgIpc) is 2.95. The first-order valence-corrected chi connectivity index (χ1v) is 7.35. The molecule has 0 radical (unpaired) electrons. The monoisotopic (exact) mass is 290 g/mol. The van der Waals surface area contributed by atoms with E-state index >= 15 is 0 Å². The maximum absolute atomic E-state index is 13.5. The normalized spacial score (nSPS) is 18.8. The maximum atomic E-state index is 13.5. The molecule has 1 aliphatic rings. The zero-order valence-corrected chi connectivity index (χ0v) is 11.8. The minimum atomic E-state index is -0.437. The van der Waals surface area contributed by atoms with Crippen LogP contribution in [0.25, 0.3) is 11.0 Å². The van der Waals surface area contributed by atoms with E-state index in [9.17, 15) is 9.18 Å². The van der Waals surface area contributed by atoms with Gasteiger partial charge in [-0.1, -0.05) is 0 Å². The van der Waals surface area contributed by atoms with Gasteiger partial charge in [-0.05, 0) is 50.4 Å². The number of aromatic amines is 1. The van der Waals surface area contributed by atoms with E-state index in [0.29, 0.717) is 23.5 Å². The number of halogens is 1. The average molecular weight is 290 g/mol. The molecule has 3 N–H and O–H groups in total. The zero-order chi connectivity index (χ0) is 14.7. The molecule has 1 aromatic heterocycles. The number of rotatable bonds is 4. The molecule has 1 aromatic carbocycles. The first-order chi connectivity index (χ1) is 10.2. The van der Waals surface area contributed by atoms with E-state index in [0.717, 1.165) is 19.5 Å². The lowest BCUT2D eigenvalue weighted by Crippen LogP contribution is -2.33. The predicted molar refractivity (Wildman–Crippen MR) is 78.6 cm³/mol. The van der Waals surface area contributed by atoms with Gasteiger partial charge in [0, 0.05) is 6.54 Å². The molecule has 0 spiro atoms. The van der Waals surface area contributed by atoms with Crippen LogP contribution in [-0.4, -0.2) is 35.5 Å². The molecule has 3 rings (SSSR count). The summed E-state index contributed by atoms with van der Waals surface area (Å²) in [5, 5.41) is 6.22. The highest BCUT2D eigenvalue weighted by Gasteiger charge is 2.16. The maximum Gasteiger partial charge on any atom is 0.253 e. The van der Waals surface area contributed by atoms with Gasteiger partial charge in [0.2, 0.25) is 0 Å². The van der Waals surface area contributed by atoms with Crippen LogP contribution in [0.5, 0.6) is 0 Å². The number of hydrogen-bond acceptors (Lipinski definition) is 3. The van der Waals surface area contributed by atoms with Gasteiger partial charge in [0.05, 0.1) is 17.4 Å². The summed E-state index contributed by atoms with van der Waals surface area (Å²) in [6.45, 7) is 2.70. The van der Waals surface area contributed by atoms with Crippen LogP contribution in [0.2, 0.25) is 0 Å². The van der Waals surface area contributed by atoms with Gasteiger partial charge in [-0.2, -0.15) is 0 Å². The molecule has 2 heterocycles. The van der Waals surface area contributed by atoms with E-state index in [2.05, 4.69) is 20.6 Å². The second-order valence-electron chi connectivity index (χ2n) is 5.51. The Kier molecular flexibility index (Phi) is 4.15. The standard InChI is InChI=1S/C15H19FN4O/c16-11-6-12(14-13(7-11)19-9-20-14)15(21)18-5-3-10-2-1-4-17-8-10/h6-7,9-10,17H,1-5,8H2,(H,18,21)(H,19,20). The molecule has 1 amide bonds. The lowest BCUT2D eigenvalue weighted by atomic mass is 9.96. The number of fused-ring (bicyclic) bond motifs is 1. The van der Waals surface area contributed by atoms with Crippen molar-refractivity contribution in [3.63, 3.8) is 0 Å². The number of aromatic nitrogens is 2. The molecule has 21 heavy (non-hydrogen) atoms. The minimum absolute atomic E-state index is 0.268. The topological polar surface area (TPSA) is 69.8 Å². The number of carbonyl (C=O) groups excluding carboxylic acids is 1. The minimum Gasteiger partial charge on any atom is -0.352 e. The van der Waals surface area contributed by atoms with Gasteiger partial charge < -0.3 is 15.6 Å². The van der Waals surface area contributed by atoms with E-state index < -0.39 is 5.82 Å². The van der Waals surface area contributed by atoms with Crippen molar-refractivity contribution < 1.29 is 9.18 Å². The van der Waals surface area contributed by atoms with Crippen LogP contribution in [0.15, 0.2) is 18.5 Å². The van der Waals surface area contributed by atoms with Crippen molar-refractivity contribution in [3.8, 4) is 0 Å². The van der Waals surface area contributed by atoms with E-state index in [1.807, 2.05) is 0 Å². The molecule has 6 heteroatoms. The van der Waals surface area contributed by atoms with Gasteiger partial charge >= 0.3 is 0 Å². The lowest BCUT2D eigenvalue weighted by molar-refractivity contribution is 0.0951. The molecule has 2 aromatic rings. The third-order valence-electron chi connectivity index (χ3n) is 3.97. The van der Waals surface area contributed by atoms with E-state index in [4.69, 9.17) is 0 Å².